The molecular formula is C15H24NO3+. The van der Waals surface area contributed by atoms with E-state index >= 15 is 0 Å². The van der Waals surface area contributed by atoms with E-state index in [0.717, 1.165) is 49.7 Å². The van der Waals surface area contributed by atoms with E-state index in [-0.39, 0.29) is 0 Å². The van der Waals surface area contributed by atoms with Crippen molar-refractivity contribution in [1.82, 2.24) is 0 Å². The molecule has 0 unspecified atom stereocenters. The Morgan fingerprint density at radius 2 is 1.89 bits per heavy atom. The van der Waals surface area contributed by atoms with E-state index in [2.05, 4.69) is 0 Å². The van der Waals surface area contributed by atoms with Crippen LogP contribution in [0.1, 0.15) is 11.1 Å². The highest BCUT2D eigenvalue weighted by Crippen LogP contribution is 2.22. The highest BCUT2D eigenvalue weighted by molar-refractivity contribution is 5.39. The van der Waals surface area contributed by atoms with Crippen LogP contribution in [-0.2, 0) is 4.74 Å². The van der Waals surface area contributed by atoms with Crippen molar-refractivity contribution in [3.05, 3.63) is 29.3 Å². The fourth-order valence-corrected chi connectivity index (χ4v) is 2.46. The summed E-state index contributed by atoms with van der Waals surface area (Å²) in [5.74, 6) is 0.901. The molecule has 2 N–H and O–H groups in total. The Morgan fingerprint density at radius 1 is 1.26 bits per heavy atom. The van der Waals surface area contributed by atoms with Gasteiger partial charge in [0.25, 0.3) is 0 Å². The number of hydrogen-bond donors (Lipinski definition) is 2. The van der Waals surface area contributed by atoms with Crippen molar-refractivity contribution in [3.8, 4) is 5.75 Å². The molecule has 0 aromatic heterocycles. The lowest BCUT2D eigenvalue weighted by atomic mass is 10.1. The summed E-state index contributed by atoms with van der Waals surface area (Å²) in [7, 11) is 0. The second-order valence-corrected chi connectivity index (χ2v) is 5.25. The van der Waals surface area contributed by atoms with Crippen LogP contribution in [0.15, 0.2) is 18.2 Å². The van der Waals surface area contributed by atoms with Crippen molar-refractivity contribution < 1.29 is 19.5 Å². The van der Waals surface area contributed by atoms with E-state index in [1.54, 1.807) is 0 Å². The van der Waals surface area contributed by atoms with Crippen molar-refractivity contribution in [2.24, 2.45) is 0 Å². The van der Waals surface area contributed by atoms with Gasteiger partial charge >= 0.3 is 0 Å². The molecule has 4 nitrogen and oxygen atoms in total. The zero-order valence-corrected chi connectivity index (χ0v) is 11.8. The number of nitrogens with one attached hydrogen (secondary N) is 1. The van der Waals surface area contributed by atoms with Gasteiger partial charge in [0.2, 0.25) is 0 Å². The Bertz CT molecular complexity index is 382. The maximum absolute atomic E-state index is 10.1. The molecule has 0 radical (unpaired) electrons. The minimum Gasteiger partial charge on any atom is -0.490 e. The van der Waals surface area contributed by atoms with Crippen molar-refractivity contribution in [3.63, 3.8) is 0 Å². The third kappa shape index (κ3) is 4.20. The number of aryl methyl sites for hydroxylation is 2. The molecular weight excluding hydrogens is 242 g/mol. The highest BCUT2D eigenvalue weighted by Gasteiger charge is 2.19. The van der Waals surface area contributed by atoms with Crippen molar-refractivity contribution >= 4 is 0 Å². The largest absolute Gasteiger partial charge is 0.490 e. The maximum atomic E-state index is 10.1. The smallest absolute Gasteiger partial charge is 0.137 e. The van der Waals surface area contributed by atoms with Gasteiger partial charge in [0.05, 0.1) is 13.2 Å². The minimum atomic E-state index is -0.424. The first-order valence-corrected chi connectivity index (χ1v) is 6.95. The molecule has 1 saturated heterocycles. The Labute approximate surface area is 114 Å². The monoisotopic (exact) mass is 266 g/mol. The van der Waals surface area contributed by atoms with Crippen molar-refractivity contribution in [2.75, 3.05) is 39.5 Å². The molecule has 1 aliphatic rings. The number of ether oxygens (including phenoxy) is 2. The quantitative estimate of drug-likeness (QED) is 0.786. The summed E-state index contributed by atoms with van der Waals surface area (Å²) in [5.41, 5.74) is 2.23. The van der Waals surface area contributed by atoms with Gasteiger partial charge in [0, 0.05) is 0 Å². The van der Waals surface area contributed by atoms with E-state index in [0.29, 0.717) is 6.61 Å². The number of hydrogen-bond acceptors (Lipinski definition) is 3. The number of quaternary nitrogens is 1. The number of benzene rings is 1. The van der Waals surface area contributed by atoms with Gasteiger partial charge in [-0.1, -0.05) is 18.2 Å². The van der Waals surface area contributed by atoms with E-state index in [1.807, 2.05) is 32.0 Å². The van der Waals surface area contributed by atoms with Crippen LogP contribution in [0.25, 0.3) is 0 Å². The molecule has 19 heavy (non-hydrogen) atoms. The number of aliphatic hydroxyl groups excluding tert-OH is 1. The van der Waals surface area contributed by atoms with Crippen LogP contribution < -0.4 is 9.64 Å². The molecule has 0 bridgehead atoms. The molecule has 1 heterocycles. The van der Waals surface area contributed by atoms with Crippen molar-refractivity contribution in [2.45, 2.75) is 20.0 Å². The van der Waals surface area contributed by atoms with Gasteiger partial charge < -0.3 is 19.5 Å². The Morgan fingerprint density at radius 3 is 2.53 bits per heavy atom. The Balaban J connectivity index is 1.81. The summed E-state index contributed by atoms with van der Waals surface area (Å²) in [4.78, 5) is 1.39. The minimum absolute atomic E-state index is 0.357. The first-order chi connectivity index (χ1) is 9.16. The lowest BCUT2D eigenvalue weighted by molar-refractivity contribution is -0.911. The van der Waals surface area contributed by atoms with Gasteiger partial charge in [-0.25, -0.2) is 0 Å². The normalized spacial score (nSPS) is 18.3. The fraction of sp³-hybridized carbons (Fsp3) is 0.600. The third-order valence-corrected chi connectivity index (χ3v) is 3.55. The zero-order valence-electron chi connectivity index (χ0n) is 11.8. The van der Waals surface area contributed by atoms with Crippen LogP contribution in [0, 0.1) is 13.8 Å². The second kappa shape index (κ2) is 6.89. The number of morpholine rings is 1. The van der Waals surface area contributed by atoms with Gasteiger partial charge in [0.1, 0.15) is 38.1 Å². The molecule has 0 aliphatic carbocycles. The topological polar surface area (TPSA) is 43.1 Å². The molecule has 0 spiro atoms. The molecule has 0 amide bonds. The number of aliphatic hydroxyl groups is 1. The fourth-order valence-electron chi connectivity index (χ4n) is 2.46. The first kappa shape index (κ1) is 14.3. The third-order valence-electron chi connectivity index (χ3n) is 3.55. The average Bonchev–Trinajstić information content (AvgIpc) is 2.39. The SMILES string of the molecule is Cc1cccc(C)c1OC[C@@H](O)C[NH+]1CCOCC1. The predicted octanol–water partition coefficient (Wildman–Crippen LogP) is -0.0418. The average molecular weight is 266 g/mol. The molecule has 2 rings (SSSR count). The van der Waals surface area contributed by atoms with Gasteiger partial charge in [0.15, 0.2) is 0 Å². The zero-order chi connectivity index (χ0) is 13.7. The van der Waals surface area contributed by atoms with Gasteiger partial charge in [-0.3, -0.25) is 0 Å². The predicted molar refractivity (Wildman–Crippen MR) is 73.8 cm³/mol. The van der Waals surface area contributed by atoms with Crippen LogP contribution in [0.3, 0.4) is 0 Å². The van der Waals surface area contributed by atoms with Gasteiger partial charge in [-0.2, -0.15) is 0 Å². The first-order valence-electron chi connectivity index (χ1n) is 6.95. The number of para-hydroxylation sites is 1. The molecule has 1 fully saturated rings. The highest BCUT2D eigenvalue weighted by atomic mass is 16.5. The second-order valence-electron chi connectivity index (χ2n) is 5.25. The van der Waals surface area contributed by atoms with E-state index < -0.39 is 6.10 Å². The summed E-state index contributed by atoms with van der Waals surface area (Å²) in [5, 5.41) is 10.1. The van der Waals surface area contributed by atoms with Crippen LogP contribution in [-0.4, -0.2) is 50.7 Å². The molecule has 1 aromatic carbocycles. The molecule has 1 atom stereocenters. The van der Waals surface area contributed by atoms with Gasteiger partial charge in [-0.05, 0) is 25.0 Å². The lowest BCUT2D eigenvalue weighted by Gasteiger charge is -2.26. The standard InChI is InChI=1S/C15H23NO3/c1-12-4-3-5-13(2)15(12)19-11-14(17)10-16-6-8-18-9-7-16/h3-5,14,17H,6-11H2,1-2H3/p+1/t14-/m0/s1. The summed E-state index contributed by atoms with van der Waals surface area (Å²) < 4.78 is 11.1. The van der Waals surface area contributed by atoms with Crippen LogP contribution in [0.5, 0.6) is 5.75 Å². The molecule has 0 saturated carbocycles. The van der Waals surface area contributed by atoms with Gasteiger partial charge in [-0.15, -0.1) is 0 Å². The lowest BCUT2D eigenvalue weighted by Crippen LogP contribution is -3.15. The molecule has 1 aromatic rings. The van der Waals surface area contributed by atoms with Crippen molar-refractivity contribution in [1.29, 1.82) is 0 Å². The molecule has 106 valence electrons. The molecule has 4 heteroatoms. The number of rotatable bonds is 5. The Kier molecular flexibility index (Phi) is 5.19. The summed E-state index contributed by atoms with van der Waals surface area (Å²) in [6.07, 6.45) is -0.424. The summed E-state index contributed by atoms with van der Waals surface area (Å²) >= 11 is 0. The van der Waals surface area contributed by atoms with Crippen LogP contribution >= 0.6 is 0 Å². The summed E-state index contributed by atoms with van der Waals surface area (Å²) in [6, 6.07) is 6.08. The van der Waals surface area contributed by atoms with Crippen LogP contribution in [0.2, 0.25) is 0 Å². The Hall–Kier alpha value is -1.10. The maximum Gasteiger partial charge on any atom is 0.137 e. The summed E-state index contributed by atoms with van der Waals surface area (Å²) in [6.45, 7) is 8.68. The van der Waals surface area contributed by atoms with E-state index in [9.17, 15) is 5.11 Å². The van der Waals surface area contributed by atoms with E-state index in [1.165, 1.54) is 4.90 Å². The van der Waals surface area contributed by atoms with E-state index in [4.69, 9.17) is 9.47 Å². The molecule has 1 aliphatic heterocycles. The van der Waals surface area contributed by atoms with Crippen LogP contribution in [0.4, 0.5) is 0 Å².